The zero-order valence-electron chi connectivity index (χ0n) is 11.2. The Morgan fingerprint density at radius 2 is 2.00 bits per heavy atom. The molecule has 0 fully saturated rings. The van der Waals surface area contributed by atoms with E-state index in [2.05, 4.69) is 24.8 Å². The third-order valence-electron chi connectivity index (χ3n) is 3.05. The second-order valence-corrected chi connectivity index (χ2v) is 5.11. The van der Waals surface area contributed by atoms with Crippen molar-refractivity contribution >= 4 is 0 Å². The summed E-state index contributed by atoms with van der Waals surface area (Å²) in [6.07, 6.45) is 0. The minimum Gasteiger partial charge on any atom is -0.490 e. The van der Waals surface area contributed by atoms with Gasteiger partial charge in [0.05, 0.1) is 5.56 Å². The standard InChI is InChI=1S/C14H20N2O/c1-11-6-7-13(12(8-11)9-15)17-10-14(2,3)16(4)5/h6-8H,10H2,1-5H3. The van der Waals surface area contributed by atoms with Crippen molar-refractivity contribution in [3.05, 3.63) is 29.3 Å². The first-order chi connectivity index (χ1) is 7.86. The number of nitriles is 1. The van der Waals surface area contributed by atoms with Gasteiger partial charge in [0.2, 0.25) is 0 Å². The largest absolute Gasteiger partial charge is 0.490 e. The average molecular weight is 232 g/mol. The lowest BCUT2D eigenvalue weighted by Crippen LogP contribution is -2.43. The molecule has 0 saturated heterocycles. The van der Waals surface area contributed by atoms with Gasteiger partial charge in [-0.05, 0) is 52.6 Å². The van der Waals surface area contributed by atoms with Gasteiger partial charge >= 0.3 is 0 Å². The van der Waals surface area contributed by atoms with Gasteiger partial charge in [0.1, 0.15) is 18.4 Å². The molecule has 0 N–H and O–H groups in total. The molecule has 3 nitrogen and oxygen atoms in total. The average Bonchev–Trinajstić information content (AvgIpc) is 2.27. The van der Waals surface area contributed by atoms with Gasteiger partial charge in [0.25, 0.3) is 0 Å². The molecule has 1 rings (SSSR count). The maximum atomic E-state index is 9.04. The smallest absolute Gasteiger partial charge is 0.137 e. The summed E-state index contributed by atoms with van der Waals surface area (Å²) in [6.45, 7) is 6.73. The molecule has 92 valence electrons. The zero-order chi connectivity index (χ0) is 13.1. The Balaban J connectivity index is 2.80. The highest BCUT2D eigenvalue weighted by atomic mass is 16.5. The fourth-order valence-electron chi connectivity index (χ4n) is 1.24. The molecule has 0 aliphatic carbocycles. The van der Waals surface area contributed by atoms with E-state index in [0.717, 1.165) is 5.56 Å². The first-order valence-electron chi connectivity index (χ1n) is 5.68. The molecule has 0 amide bonds. The molecule has 3 heteroatoms. The lowest BCUT2D eigenvalue weighted by molar-refractivity contribution is 0.114. The topological polar surface area (TPSA) is 36.3 Å². The van der Waals surface area contributed by atoms with Gasteiger partial charge in [-0.2, -0.15) is 5.26 Å². The highest BCUT2D eigenvalue weighted by Crippen LogP contribution is 2.21. The molecule has 1 aromatic carbocycles. The quantitative estimate of drug-likeness (QED) is 0.800. The van der Waals surface area contributed by atoms with Crippen LogP contribution in [0.1, 0.15) is 25.0 Å². The lowest BCUT2D eigenvalue weighted by atomic mass is 10.1. The van der Waals surface area contributed by atoms with Crippen LogP contribution in [0.25, 0.3) is 0 Å². The maximum absolute atomic E-state index is 9.04. The molecule has 0 atom stereocenters. The molecule has 0 radical (unpaired) electrons. The van der Waals surface area contributed by atoms with Crippen molar-refractivity contribution in [2.75, 3.05) is 20.7 Å². The summed E-state index contributed by atoms with van der Waals surface area (Å²) in [6, 6.07) is 7.83. The van der Waals surface area contributed by atoms with E-state index in [0.29, 0.717) is 17.9 Å². The summed E-state index contributed by atoms with van der Waals surface area (Å²) in [5, 5.41) is 9.04. The molecule has 0 aliphatic heterocycles. The van der Waals surface area contributed by atoms with Crippen molar-refractivity contribution in [3.8, 4) is 11.8 Å². The van der Waals surface area contributed by atoms with Gasteiger partial charge < -0.3 is 9.64 Å². The van der Waals surface area contributed by atoms with Crippen molar-refractivity contribution in [3.63, 3.8) is 0 Å². The third kappa shape index (κ3) is 3.47. The van der Waals surface area contributed by atoms with Crippen molar-refractivity contribution in [2.45, 2.75) is 26.3 Å². The molecule has 0 bridgehead atoms. The monoisotopic (exact) mass is 232 g/mol. The number of nitrogens with zero attached hydrogens (tertiary/aromatic N) is 2. The second-order valence-electron chi connectivity index (χ2n) is 5.11. The van der Waals surface area contributed by atoms with Crippen LogP contribution in [0.2, 0.25) is 0 Å². The summed E-state index contributed by atoms with van der Waals surface area (Å²) in [7, 11) is 4.04. The summed E-state index contributed by atoms with van der Waals surface area (Å²) >= 11 is 0. The van der Waals surface area contributed by atoms with Crippen molar-refractivity contribution < 1.29 is 4.74 Å². The molecule has 1 aromatic rings. The molecule has 0 aromatic heterocycles. The summed E-state index contributed by atoms with van der Waals surface area (Å²) in [5.74, 6) is 0.660. The maximum Gasteiger partial charge on any atom is 0.137 e. The Kier molecular flexibility index (Phi) is 4.14. The van der Waals surface area contributed by atoms with Crippen LogP contribution in [0.3, 0.4) is 0 Å². The SMILES string of the molecule is Cc1ccc(OCC(C)(C)N(C)C)c(C#N)c1. The van der Waals surface area contributed by atoms with Gasteiger partial charge in [0, 0.05) is 5.54 Å². The van der Waals surface area contributed by atoms with Crippen LogP contribution in [0.4, 0.5) is 0 Å². The van der Waals surface area contributed by atoms with Gasteiger partial charge in [-0.3, -0.25) is 0 Å². The molecule has 0 saturated carbocycles. The molecular weight excluding hydrogens is 212 g/mol. The molecule has 17 heavy (non-hydrogen) atoms. The molecule has 0 spiro atoms. The van der Waals surface area contributed by atoms with Crippen LogP contribution in [-0.4, -0.2) is 31.1 Å². The Hall–Kier alpha value is -1.53. The Morgan fingerprint density at radius 3 is 2.53 bits per heavy atom. The predicted molar refractivity (Wildman–Crippen MR) is 69.2 cm³/mol. The number of likely N-dealkylation sites (N-methyl/N-ethyl adjacent to an activating group) is 1. The normalized spacial score (nSPS) is 11.4. The van der Waals surface area contributed by atoms with Crippen LogP contribution in [0, 0.1) is 18.3 Å². The number of ether oxygens (including phenoxy) is 1. The van der Waals surface area contributed by atoms with Gasteiger partial charge in [-0.1, -0.05) is 6.07 Å². The lowest BCUT2D eigenvalue weighted by Gasteiger charge is -2.32. The van der Waals surface area contributed by atoms with E-state index in [1.807, 2.05) is 39.2 Å². The van der Waals surface area contributed by atoms with Crippen molar-refractivity contribution in [1.29, 1.82) is 5.26 Å². The highest BCUT2D eigenvalue weighted by molar-refractivity contribution is 5.45. The second kappa shape index (κ2) is 5.20. The Bertz CT molecular complexity index is 430. The van der Waals surface area contributed by atoms with E-state index in [9.17, 15) is 0 Å². The van der Waals surface area contributed by atoms with Crippen LogP contribution in [0.15, 0.2) is 18.2 Å². The summed E-state index contributed by atoms with van der Waals surface area (Å²) in [4.78, 5) is 2.10. The van der Waals surface area contributed by atoms with E-state index in [1.54, 1.807) is 0 Å². The summed E-state index contributed by atoms with van der Waals surface area (Å²) < 4.78 is 5.74. The van der Waals surface area contributed by atoms with Crippen molar-refractivity contribution in [2.24, 2.45) is 0 Å². The Labute approximate surface area is 104 Å². The fraction of sp³-hybridized carbons (Fsp3) is 0.500. The van der Waals surface area contributed by atoms with E-state index < -0.39 is 0 Å². The van der Waals surface area contributed by atoms with E-state index in [1.165, 1.54) is 0 Å². The first kappa shape index (κ1) is 13.5. The minimum absolute atomic E-state index is 0.0579. The Morgan fingerprint density at radius 1 is 1.35 bits per heavy atom. The first-order valence-corrected chi connectivity index (χ1v) is 5.68. The number of benzene rings is 1. The fourth-order valence-corrected chi connectivity index (χ4v) is 1.24. The van der Waals surface area contributed by atoms with Gasteiger partial charge in [-0.25, -0.2) is 0 Å². The van der Waals surface area contributed by atoms with Crippen LogP contribution < -0.4 is 4.74 Å². The van der Waals surface area contributed by atoms with Crippen LogP contribution in [-0.2, 0) is 0 Å². The molecule has 0 unspecified atom stereocenters. The van der Waals surface area contributed by atoms with Gasteiger partial charge in [0.15, 0.2) is 0 Å². The van der Waals surface area contributed by atoms with Crippen LogP contribution in [0.5, 0.6) is 5.75 Å². The molecule has 0 heterocycles. The molecule has 0 aliphatic rings. The number of hydrogen-bond donors (Lipinski definition) is 0. The zero-order valence-corrected chi connectivity index (χ0v) is 11.2. The number of hydrogen-bond acceptors (Lipinski definition) is 3. The molecular formula is C14H20N2O. The van der Waals surface area contributed by atoms with Crippen molar-refractivity contribution in [1.82, 2.24) is 4.90 Å². The van der Waals surface area contributed by atoms with Gasteiger partial charge in [-0.15, -0.1) is 0 Å². The number of aryl methyl sites for hydroxylation is 1. The highest BCUT2D eigenvalue weighted by Gasteiger charge is 2.21. The van der Waals surface area contributed by atoms with E-state index in [4.69, 9.17) is 10.00 Å². The number of rotatable bonds is 4. The van der Waals surface area contributed by atoms with Crippen LogP contribution >= 0.6 is 0 Å². The van der Waals surface area contributed by atoms with E-state index >= 15 is 0 Å². The third-order valence-corrected chi connectivity index (χ3v) is 3.05. The summed E-state index contributed by atoms with van der Waals surface area (Å²) in [5.41, 5.74) is 1.61. The predicted octanol–water partition coefficient (Wildman–Crippen LogP) is 2.59. The van der Waals surface area contributed by atoms with E-state index in [-0.39, 0.29) is 5.54 Å². The minimum atomic E-state index is -0.0579.